The number of Topliss-reactive ketones (excluding diaryl/α,β-unsaturated/α-hetero) is 1. The number of rotatable bonds is 6. The van der Waals surface area contributed by atoms with Crippen LogP contribution in [0.15, 0.2) is 12.3 Å². The largest absolute Gasteiger partial charge is 0.502 e. The van der Waals surface area contributed by atoms with Gasteiger partial charge in [-0.05, 0) is 6.92 Å². The number of carbonyl (C=O) groups is 1. The maximum atomic E-state index is 10.7. The molecule has 0 aliphatic rings. The lowest BCUT2D eigenvalue weighted by atomic mass is 9.94. The number of carbonyl (C=O) groups excluding carboxylic acids is 1. The third-order valence-electron chi connectivity index (χ3n) is 1.69. The third kappa shape index (κ3) is 4.65. The normalized spacial score (nSPS) is 14.8. The van der Waals surface area contributed by atoms with Gasteiger partial charge in [-0.1, -0.05) is 6.58 Å². The van der Waals surface area contributed by atoms with Crippen LogP contribution in [0.25, 0.3) is 0 Å². The van der Waals surface area contributed by atoms with Gasteiger partial charge in [-0.2, -0.15) is 0 Å². The molecule has 0 radical (unpaired) electrons. The van der Waals surface area contributed by atoms with Crippen molar-refractivity contribution in [1.82, 2.24) is 0 Å². The molecule has 0 aromatic rings. The monoisotopic (exact) mass is 188 g/mol. The summed E-state index contributed by atoms with van der Waals surface area (Å²) in [5.74, 6) is 0.165. The minimum Gasteiger partial charge on any atom is -0.502 e. The predicted octanol–water partition coefficient (Wildman–Crippen LogP) is 0.239. The quantitative estimate of drug-likeness (QED) is 0.586. The molecular formula is C9H16O4. The number of hydrogen-bond donors (Lipinski definition) is 2. The highest BCUT2D eigenvalue weighted by Crippen LogP contribution is 2.19. The Morgan fingerprint density at radius 3 is 2.38 bits per heavy atom. The van der Waals surface area contributed by atoms with Crippen molar-refractivity contribution < 1.29 is 19.7 Å². The molecule has 0 heterocycles. The number of ether oxygens (including phenoxy) is 1. The van der Waals surface area contributed by atoms with Crippen LogP contribution in [0.2, 0.25) is 0 Å². The molecule has 0 saturated heterocycles. The summed E-state index contributed by atoms with van der Waals surface area (Å²) in [7, 11) is 1.42. The zero-order valence-corrected chi connectivity index (χ0v) is 8.04. The molecule has 4 heteroatoms. The smallest absolute Gasteiger partial charge is 0.132 e. The second-order valence-electron chi connectivity index (χ2n) is 3.18. The van der Waals surface area contributed by atoms with Gasteiger partial charge in [0.2, 0.25) is 0 Å². The molecule has 2 N–H and O–H groups in total. The maximum Gasteiger partial charge on any atom is 0.132 e. The Kier molecular flexibility index (Phi) is 4.66. The van der Waals surface area contributed by atoms with E-state index in [4.69, 9.17) is 9.84 Å². The van der Waals surface area contributed by atoms with E-state index in [-0.39, 0.29) is 18.6 Å². The van der Waals surface area contributed by atoms with Crippen molar-refractivity contribution >= 4 is 5.78 Å². The van der Waals surface area contributed by atoms with E-state index >= 15 is 0 Å². The number of methoxy groups -OCH3 is 1. The zero-order chi connectivity index (χ0) is 10.5. The van der Waals surface area contributed by atoms with Crippen molar-refractivity contribution in [2.24, 2.45) is 0 Å². The molecule has 0 aliphatic carbocycles. The fraction of sp³-hybridized carbons (Fsp3) is 0.667. The highest BCUT2D eigenvalue weighted by Gasteiger charge is 2.29. The van der Waals surface area contributed by atoms with Crippen molar-refractivity contribution in [3.63, 3.8) is 0 Å². The van der Waals surface area contributed by atoms with Crippen LogP contribution >= 0.6 is 0 Å². The van der Waals surface area contributed by atoms with Gasteiger partial charge in [-0.25, -0.2) is 0 Å². The number of ketones is 1. The molecule has 0 bridgehead atoms. The van der Waals surface area contributed by atoms with Crippen molar-refractivity contribution in [3.8, 4) is 0 Å². The Morgan fingerprint density at radius 2 is 2.08 bits per heavy atom. The van der Waals surface area contributed by atoms with E-state index < -0.39 is 12.2 Å². The molecule has 0 spiro atoms. The van der Waals surface area contributed by atoms with Crippen LogP contribution in [0.5, 0.6) is 0 Å². The average Bonchev–Trinajstić information content (AvgIpc) is 2.02. The van der Waals surface area contributed by atoms with E-state index in [0.29, 0.717) is 5.76 Å². The minimum absolute atomic E-state index is 0.0690. The molecule has 0 aromatic heterocycles. The summed E-state index contributed by atoms with van der Waals surface area (Å²) in [5.41, 5.74) is -1.43. The molecule has 0 amide bonds. The van der Waals surface area contributed by atoms with E-state index in [2.05, 4.69) is 6.58 Å². The fourth-order valence-corrected chi connectivity index (χ4v) is 1.08. The number of aliphatic hydroxyl groups is 2. The van der Waals surface area contributed by atoms with Crippen LogP contribution < -0.4 is 0 Å². The van der Waals surface area contributed by atoms with Gasteiger partial charge < -0.3 is 14.9 Å². The van der Waals surface area contributed by atoms with Gasteiger partial charge in [0.15, 0.2) is 0 Å². The Balaban J connectivity index is 4.27. The lowest BCUT2D eigenvalue weighted by Gasteiger charge is -2.24. The van der Waals surface area contributed by atoms with E-state index in [0.717, 1.165) is 0 Å². The molecule has 76 valence electrons. The molecule has 1 unspecified atom stereocenters. The highest BCUT2D eigenvalue weighted by atomic mass is 16.5. The first kappa shape index (κ1) is 12.1. The SMILES string of the molecule is C=C(CC(O)(CO)CC(C)=O)OC. The van der Waals surface area contributed by atoms with E-state index in [1.54, 1.807) is 0 Å². The van der Waals surface area contributed by atoms with Gasteiger partial charge in [0.1, 0.15) is 11.4 Å². The van der Waals surface area contributed by atoms with Crippen LogP contribution in [-0.4, -0.2) is 35.3 Å². The minimum atomic E-state index is -1.43. The predicted molar refractivity (Wildman–Crippen MR) is 48.1 cm³/mol. The highest BCUT2D eigenvalue weighted by molar-refractivity contribution is 5.76. The van der Waals surface area contributed by atoms with Gasteiger partial charge in [-0.3, -0.25) is 4.79 Å². The molecule has 1 atom stereocenters. The second kappa shape index (κ2) is 4.99. The number of aliphatic hydroxyl groups excluding tert-OH is 1. The van der Waals surface area contributed by atoms with Crippen molar-refractivity contribution in [1.29, 1.82) is 0 Å². The first-order valence-electron chi connectivity index (χ1n) is 3.98. The number of hydrogen-bond acceptors (Lipinski definition) is 4. The Bertz CT molecular complexity index is 200. The topological polar surface area (TPSA) is 66.8 Å². The van der Waals surface area contributed by atoms with E-state index in [9.17, 15) is 9.90 Å². The third-order valence-corrected chi connectivity index (χ3v) is 1.69. The first-order chi connectivity index (χ1) is 5.93. The van der Waals surface area contributed by atoms with E-state index in [1.807, 2.05) is 0 Å². The molecule has 0 rings (SSSR count). The second-order valence-corrected chi connectivity index (χ2v) is 3.18. The summed E-state index contributed by atoms with van der Waals surface area (Å²) in [4.78, 5) is 10.7. The summed E-state index contributed by atoms with van der Waals surface area (Å²) >= 11 is 0. The average molecular weight is 188 g/mol. The molecule has 4 nitrogen and oxygen atoms in total. The molecule has 0 aliphatic heterocycles. The molecule has 0 aromatic carbocycles. The van der Waals surface area contributed by atoms with Gasteiger partial charge in [0.05, 0.1) is 19.5 Å². The summed E-state index contributed by atoms with van der Waals surface area (Å²) in [5, 5.41) is 18.6. The summed E-state index contributed by atoms with van der Waals surface area (Å²) < 4.78 is 4.75. The molecule has 13 heavy (non-hydrogen) atoms. The maximum absolute atomic E-state index is 10.7. The van der Waals surface area contributed by atoms with Gasteiger partial charge in [-0.15, -0.1) is 0 Å². The molecule has 0 saturated carbocycles. The summed E-state index contributed by atoms with van der Waals surface area (Å²) in [6, 6.07) is 0. The molecule has 0 fully saturated rings. The van der Waals surface area contributed by atoms with Gasteiger partial charge >= 0.3 is 0 Å². The standard InChI is InChI=1S/C9H16O4/c1-7(11)4-9(12,6-10)5-8(2)13-3/h10,12H,2,4-6H2,1,3H3. The van der Waals surface area contributed by atoms with Crippen LogP contribution in [0.3, 0.4) is 0 Å². The molecular weight excluding hydrogens is 172 g/mol. The Hall–Kier alpha value is -0.870. The van der Waals surface area contributed by atoms with Crippen molar-refractivity contribution in [2.45, 2.75) is 25.4 Å². The van der Waals surface area contributed by atoms with Crippen molar-refractivity contribution in [3.05, 3.63) is 12.3 Å². The fourth-order valence-electron chi connectivity index (χ4n) is 1.08. The summed E-state index contributed by atoms with van der Waals surface area (Å²) in [6.07, 6.45) is -0.0224. The van der Waals surface area contributed by atoms with Crippen LogP contribution in [0.4, 0.5) is 0 Å². The van der Waals surface area contributed by atoms with Crippen molar-refractivity contribution in [2.75, 3.05) is 13.7 Å². The lowest BCUT2D eigenvalue weighted by Crippen LogP contribution is -2.36. The van der Waals surface area contributed by atoms with E-state index in [1.165, 1.54) is 14.0 Å². The lowest BCUT2D eigenvalue weighted by molar-refractivity contribution is -0.124. The van der Waals surface area contributed by atoms with Gasteiger partial charge in [0, 0.05) is 12.8 Å². The zero-order valence-electron chi connectivity index (χ0n) is 8.04. The first-order valence-corrected chi connectivity index (χ1v) is 3.98. The van der Waals surface area contributed by atoms with Gasteiger partial charge in [0.25, 0.3) is 0 Å². The summed E-state index contributed by atoms with van der Waals surface area (Å²) in [6.45, 7) is 4.39. The Morgan fingerprint density at radius 1 is 1.54 bits per heavy atom. The van der Waals surface area contributed by atoms with Crippen LogP contribution in [0, 0.1) is 0 Å². The van der Waals surface area contributed by atoms with Crippen LogP contribution in [-0.2, 0) is 9.53 Å². The Labute approximate surface area is 77.8 Å². The van der Waals surface area contributed by atoms with Crippen LogP contribution in [0.1, 0.15) is 19.8 Å².